The van der Waals surface area contributed by atoms with Gasteiger partial charge in [0.2, 0.25) is 11.8 Å². The molecule has 0 spiro atoms. The average Bonchev–Trinajstić information content (AvgIpc) is 2.16. The van der Waals surface area contributed by atoms with Crippen molar-refractivity contribution in [2.75, 3.05) is 5.32 Å². The molecule has 0 radical (unpaired) electrons. The van der Waals surface area contributed by atoms with Crippen molar-refractivity contribution >= 4 is 23.3 Å². The predicted molar refractivity (Wildman–Crippen MR) is 53.5 cm³/mol. The molecule has 0 unspecified atom stereocenters. The number of nitrogens with zero attached hydrogens (tertiary/aromatic N) is 1. The van der Waals surface area contributed by atoms with Crippen molar-refractivity contribution in [2.24, 2.45) is 5.92 Å². The second kappa shape index (κ2) is 5.24. The summed E-state index contributed by atoms with van der Waals surface area (Å²) in [6.07, 6.45) is -10.5. The van der Waals surface area contributed by atoms with Crippen LogP contribution in [0.4, 0.5) is 32.2 Å². The molecule has 0 aromatic carbocycles. The molecule has 1 rings (SSSR count). The fourth-order valence-electron chi connectivity index (χ4n) is 1.15. The molecule has 1 N–H and O–H groups in total. The molecule has 1 aromatic rings. The summed E-state index contributed by atoms with van der Waals surface area (Å²) in [6, 6.07) is 2.45. The molecule has 106 valence electrons. The van der Waals surface area contributed by atoms with Crippen molar-refractivity contribution in [3.05, 3.63) is 23.4 Å². The Balaban J connectivity index is 3.01. The molecule has 3 nitrogen and oxygen atoms in total. The molecule has 0 saturated heterocycles. The van der Waals surface area contributed by atoms with Gasteiger partial charge in [-0.15, -0.1) is 0 Å². The summed E-state index contributed by atoms with van der Waals surface area (Å²) >= 11 is 5.46. The lowest BCUT2D eigenvalue weighted by molar-refractivity contribution is -0.272. The molecule has 0 saturated carbocycles. The molecule has 0 aliphatic rings. The van der Waals surface area contributed by atoms with Gasteiger partial charge >= 0.3 is 12.4 Å². The van der Waals surface area contributed by atoms with Gasteiger partial charge < -0.3 is 5.32 Å². The number of carbonyl (C=O) groups is 1. The monoisotopic (exact) mass is 306 g/mol. The van der Waals surface area contributed by atoms with Gasteiger partial charge in [0, 0.05) is 6.20 Å². The Labute approximate surface area is 107 Å². The van der Waals surface area contributed by atoms with Crippen molar-refractivity contribution < 1.29 is 31.1 Å². The van der Waals surface area contributed by atoms with Crippen LogP contribution in [0.1, 0.15) is 0 Å². The summed E-state index contributed by atoms with van der Waals surface area (Å²) in [5.74, 6) is -7.01. The fourth-order valence-corrected chi connectivity index (χ4v) is 1.32. The minimum absolute atomic E-state index is 0.279. The molecule has 1 amide bonds. The van der Waals surface area contributed by atoms with Crippen LogP contribution in [0.15, 0.2) is 18.3 Å². The van der Waals surface area contributed by atoms with Crippen molar-refractivity contribution in [3.63, 3.8) is 0 Å². The SMILES string of the molecule is O=C(Nc1ncccc1Cl)C(C(F)(F)F)C(F)(F)F. The molecule has 0 fully saturated rings. The van der Waals surface area contributed by atoms with Gasteiger partial charge in [-0.3, -0.25) is 4.79 Å². The number of carbonyl (C=O) groups excluding carboxylic acids is 1. The van der Waals surface area contributed by atoms with Gasteiger partial charge in [0.05, 0.1) is 5.02 Å². The molecule has 0 aliphatic heterocycles. The Kier molecular flexibility index (Phi) is 4.28. The third kappa shape index (κ3) is 3.98. The molecule has 0 bridgehead atoms. The minimum atomic E-state index is -5.76. The first kappa shape index (κ1) is 15.5. The number of hydrogen-bond acceptors (Lipinski definition) is 2. The van der Waals surface area contributed by atoms with Gasteiger partial charge in [0.15, 0.2) is 5.82 Å². The Morgan fingerprint density at radius 1 is 1.21 bits per heavy atom. The van der Waals surface area contributed by atoms with Crippen LogP contribution in [-0.4, -0.2) is 23.2 Å². The van der Waals surface area contributed by atoms with Gasteiger partial charge in [0.1, 0.15) is 0 Å². The Morgan fingerprint density at radius 2 is 1.74 bits per heavy atom. The van der Waals surface area contributed by atoms with Crippen molar-refractivity contribution in [2.45, 2.75) is 12.4 Å². The van der Waals surface area contributed by atoms with Gasteiger partial charge in [-0.1, -0.05) is 11.6 Å². The van der Waals surface area contributed by atoms with E-state index in [9.17, 15) is 31.1 Å². The predicted octanol–water partition coefficient (Wildman–Crippen LogP) is 3.41. The number of anilines is 1. The molecule has 0 aliphatic carbocycles. The van der Waals surface area contributed by atoms with E-state index in [0.29, 0.717) is 0 Å². The molecule has 1 aromatic heterocycles. The molecule has 0 atom stereocenters. The molecular formula is C9H5ClF6N2O. The second-order valence-corrected chi connectivity index (χ2v) is 3.75. The van der Waals surface area contributed by atoms with Crippen LogP contribution in [-0.2, 0) is 4.79 Å². The van der Waals surface area contributed by atoms with Crippen LogP contribution >= 0.6 is 11.6 Å². The standard InChI is InChI=1S/C9H5ClF6N2O/c10-4-2-1-3-17-6(4)18-7(19)5(8(11,12)13)9(14,15)16/h1-3,5H,(H,17,18,19). The molecule has 19 heavy (non-hydrogen) atoms. The van der Waals surface area contributed by atoms with E-state index in [1.54, 1.807) is 0 Å². The van der Waals surface area contributed by atoms with Gasteiger partial charge in [-0.25, -0.2) is 4.98 Å². The van der Waals surface area contributed by atoms with Gasteiger partial charge in [-0.05, 0) is 12.1 Å². The average molecular weight is 307 g/mol. The highest BCUT2D eigenvalue weighted by atomic mass is 35.5. The van der Waals surface area contributed by atoms with E-state index in [2.05, 4.69) is 4.98 Å². The first-order chi connectivity index (χ1) is 8.53. The van der Waals surface area contributed by atoms with Crippen LogP contribution in [0.2, 0.25) is 5.02 Å². The summed E-state index contributed by atoms with van der Waals surface area (Å²) in [6.45, 7) is 0. The fraction of sp³-hybridized carbons (Fsp3) is 0.333. The second-order valence-electron chi connectivity index (χ2n) is 3.34. The quantitative estimate of drug-likeness (QED) is 0.851. The summed E-state index contributed by atoms with van der Waals surface area (Å²) in [7, 11) is 0. The number of amides is 1. The topological polar surface area (TPSA) is 42.0 Å². The highest BCUT2D eigenvalue weighted by Gasteiger charge is 2.61. The first-order valence-electron chi connectivity index (χ1n) is 4.58. The smallest absolute Gasteiger partial charge is 0.309 e. The lowest BCUT2D eigenvalue weighted by Crippen LogP contribution is -2.45. The lowest BCUT2D eigenvalue weighted by Gasteiger charge is -2.21. The highest BCUT2D eigenvalue weighted by molar-refractivity contribution is 6.33. The summed E-state index contributed by atoms with van der Waals surface area (Å²) in [4.78, 5) is 14.5. The number of nitrogens with one attached hydrogen (secondary N) is 1. The third-order valence-corrected chi connectivity index (χ3v) is 2.22. The number of hydrogen-bond donors (Lipinski definition) is 1. The van der Waals surface area contributed by atoms with E-state index in [1.807, 2.05) is 0 Å². The highest BCUT2D eigenvalue weighted by Crippen LogP contribution is 2.40. The zero-order valence-electron chi connectivity index (χ0n) is 8.81. The Morgan fingerprint density at radius 3 is 2.16 bits per heavy atom. The largest absolute Gasteiger partial charge is 0.409 e. The van der Waals surface area contributed by atoms with Crippen LogP contribution in [0.25, 0.3) is 0 Å². The molecular weight excluding hydrogens is 302 g/mol. The number of pyridine rings is 1. The van der Waals surface area contributed by atoms with Crippen LogP contribution in [0.5, 0.6) is 0 Å². The van der Waals surface area contributed by atoms with Crippen LogP contribution in [0.3, 0.4) is 0 Å². The normalized spacial score (nSPS) is 12.6. The van der Waals surface area contributed by atoms with E-state index in [1.165, 1.54) is 11.4 Å². The van der Waals surface area contributed by atoms with E-state index in [4.69, 9.17) is 11.6 Å². The van der Waals surface area contributed by atoms with E-state index in [0.717, 1.165) is 12.3 Å². The van der Waals surface area contributed by atoms with Gasteiger partial charge in [-0.2, -0.15) is 26.3 Å². The number of rotatable bonds is 2. The van der Waals surface area contributed by atoms with E-state index in [-0.39, 0.29) is 5.02 Å². The maximum Gasteiger partial charge on any atom is 0.409 e. The molecule has 1 heterocycles. The minimum Gasteiger partial charge on any atom is -0.309 e. The number of alkyl halides is 6. The zero-order valence-corrected chi connectivity index (χ0v) is 9.57. The maximum absolute atomic E-state index is 12.2. The third-order valence-electron chi connectivity index (χ3n) is 1.92. The zero-order chi connectivity index (χ0) is 14.8. The first-order valence-corrected chi connectivity index (χ1v) is 4.96. The van der Waals surface area contributed by atoms with Crippen LogP contribution in [0, 0.1) is 5.92 Å². The lowest BCUT2D eigenvalue weighted by atomic mass is 10.1. The summed E-state index contributed by atoms with van der Waals surface area (Å²) in [5, 5.41) is 1.12. The van der Waals surface area contributed by atoms with E-state index >= 15 is 0 Å². The van der Waals surface area contributed by atoms with Crippen molar-refractivity contribution in [1.82, 2.24) is 4.98 Å². The maximum atomic E-state index is 12.2. The Hall–Kier alpha value is -1.51. The summed E-state index contributed by atoms with van der Waals surface area (Å²) in [5.41, 5.74) is 0. The van der Waals surface area contributed by atoms with Crippen molar-refractivity contribution in [3.8, 4) is 0 Å². The molecule has 10 heteroatoms. The van der Waals surface area contributed by atoms with Crippen molar-refractivity contribution in [1.29, 1.82) is 0 Å². The number of aromatic nitrogens is 1. The van der Waals surface area contributed by atoms with Gasteiger partial charge in [0.25, 0.3) is 0 Å². The van der Waals surface area contributed by atoms with E-state index < -0.39 is 30.0 Å². The van der Waals surface area contributed by atoms with Crippen LogP contribution < -0.4 is 5.32 Å². The summed E-state index contributed by atoms with van der Waals surface area (Å²) < 4.78 is 73.4. The number of halogens is 7. The Bertz CT molecular complexity index is 459.